The average Bonchev–Trinajstić information content (AvgIpc) is 2.72. The number of nitrogens with one attached hydrogen (secondary N) is 2. The number of hydrogen-bond acceptors (Lipinski definition) is 3. The third-order valence-corrected chi connectivity index (χ3v) is 5.34. The number of anilines is 2. The highest BCUT2D eigenvalue weighted by Crippen LogP contribution is 2.25. The third kappa shape index (κ3) is 7.09. The molecular formula is C23H30ClN3O2. The molecule has 2 aromatic carbocycles. The van der Waals surface area contributed by atoms with Crippen molar-refractivity contribution in [2.75, 3.05) is 11.1 Å². The molecule has 1 aliphatic rings. The molecule has 5 nitrogen and oxygen atoms in total. The fourth-order valence-corrected chi connectivity index (χ4v) is 3.67. The van der Waals surface area contributed by atoms with Crippen molar-refractivity contribution in [2.24, 2.45) is 5.92 Å². The molecule has 0 atom stereocenters. The summed E-state index contributed by atoms with van der Waals surface area (Å²) in [5.74, 6) is 0.226. The first-order valence-corrected chi connectivity index (χ1v) is 10.1. The predicted molar refractivity (Wildman–Crippen MR) is 120 cm³/mol. The lowest BCUT2D eigenvalue weighted by Crippen LogP contribution is -2.25. The fraction of sp³-hybridized carbons (Fsp3) is 0.391. The van der Waals surface area contributed by atoms with Crippen LogP contribution in [0.15, 0.2) is 48.5 Å². The van der Waals surface area contributed by atoms with Crippen LogP contribution in [0.3, 0.4) is 0 Å². The maximum atomic E-state index is 12.4. The van der Waals surface area contributed by atoms with Gasteiger partial charge in [0.15, 0.2) is 0 Å². The largest absolute Gasteiger partial charge is 0.399 e. The van der Waals surface area contributed by atoms with Crippen LogP contribution in [0, 0.1) is 5.92 Å². The third-order valence-electron chi connectivity index (χ3n) is 5.34. The number of halogens is 1. The van der Waals surface area contributed by atoms with Gasteiger partial charge in [-0.3, -0.25) is 9.59 Å². The Bertz CT molecular complexity index is 819. The van der Waals surface area contributed by atoms with Crippen molar-refractivity contribution >= 4 is 35.6 Å². The Balaban J connectivity index is 0.00000300. The Morgan fingerprint density at radius 1 is 1.00 bits per heavy atom. The Morgan fingerprint density at radius 3 is 2.52 bits per heavy atom. The molecule has 0 spiro atoms. The molecule has 29 heavy (non-hydrogen) atoms. The van der Waals surface area contributed by atoms with E-state index < -0.39 is 0 Å². The number of rotatable bonds is 7. The molecule has 6 heteroatoms. The molecule has 1 saturated carbocycles. The van der Waals surface area contributed by atoms with Gasteiger partial charge in [-0.15, -0.1) is 12.4 Å². The quantitative estimate of drug-likeness (QED) is 0.583. The molecule has 2 amide bonds. The van der Waals surface area contributed by atoms with Gasteiger partial charge in [0.05, 0.1) is 0 Å². The molecule has 0 heterocycles. The smallest absolute Gasteiger partial charge is 0.227 e. The molecule has 2 aromatic rings. The number of benzene rings is 2. The van der Waals surface area contributed by atoms with Crippen molar-refractivity contribution in [3.8, 4) is 0 Å². The van der Waals surface area contributed by atoms with E-state index in [0.717, 1.165) is 48.2 Å². The minimum atomic E-state index is -0.0140. The number of aryl methyl sites for hydroxylation is 1. The van der Waals surface area contributed by atoms with E-state index in [2.05, 4.69) is 10.6 Å². The lowest BCUT2D eigenvalue weighted by Gasteiger charge is -2.20. The first-order chi connectivity index (χ1) is 13.6. The standard InChI is InChI=1S/C23H29N3O2.ClH/c24-21-12-5-4-8-18(21)13-14-22(27)25-16-17-7-6-11-20(15-17)26-23(28)19-9-2-1-3-10-19;/h4-8,11-12,15,19H,1-3,9-10,13-14,16,24H2,(H,25,27)(H,26,28);1H. The zero-order valence-electron chi connectivity index (χ0n) is 16.7. The molecular weight excluding hydrogens is 386 g/mol. The highest BCUT2D eigenvalue weighted by molar-refractivity contribution is 5.92. The Morgan fingerprint density at radius 2 is 1.76 bits per heavy atom. The second kappa shape index (κ2) is 11.5. The van der Waals surface area contributed by atoms with E-state index >= 15 is 0 Å². The summed E-state index contributed by atoms with van der Waals surface area (Å²) in [5, 5.41) is 5.97. The van der Waals surface area contributed by atoms with Gasteiger partial charge in [-0.1, -0.05) is 49.6 Å². The van der Waals surface area contributed by atoms with E-state index in [-0.39, 0.29) is 30.1 Å². The van der Waals surface area contributed by atoms with Crippen LogP contribution in [0.5, 0.6) is 0 Å². The minimum Gasteiger partial charge on any atom is -0.399 e. The van der Waals surface area contributed by atoms with Gasteiger partial charge in [0.25, 0.3) is 0 Å². The van der Waals surface area contributed by atoms with Crippen molar-refractivity contribution in [3.05, 3.63) is 59.7 Å². The van der Waals surface area contributed by atoms with Crippen LogP contribution < -0.4 is 16.4 Å². The SMILES string of the molecule is Cl.Nc1ccccc1CCC(=O)NCc1cccc(NC(=O)C2CCCCC2)c1. The number of nitrogen functional groups attached to an aromatic ring is 1. The second-order valence-electron chi connectivity index (χ2n) is 7.50. The molecule has 3 rings (SSSR count). The highest BCUT2D eigenvalue weighted by Gasteiger charge is 2.21. The van der Waals surface area contributed by atoms with Gasteiger partial charge in [-0.25, -0.2) is 0 Å². The summed E-state index contributed by atoms with van der Waals surface area (Å²) < 4.78 is 0. The summed E-state index contributed by atoms with van der Waals surface area (Å²) in [4.78, 5) is 24.5. The maximum Gasteiger partial charge on any atom is 0.227 e. The molecule has 0 aliphatic heterocycles. The molecule has 1 fully saturated rings. The van der Waals surface area contributed by atoms with E-state index in [4.69, 9.17) is 5.73 Å². The molecule has 0 saturated heterocycles. The monoisotopic (exact) mass is 415 g/mol. The van der Waals surface area contributed by atoms with E-state index in [1.807, 2.05) is 48.5 Å². The normalized spacial score (nSPS) is 13.9. The van der Waals surface area contributed by atoms with Crippen molar-refractivity contribution in [2.45, 2.75) is 51.5 Å². The number of para-hydroxylation sites is 1. The first kappa shape index (κ1) is 22.8. The average molecular weight is 416 g/mol. The molecule has 0 bridgehead atoms. The van der Waals surface area contributed by atoms with Gasteiger partial charge in [0.2, 0.25) is 11.8 Å². The topological polar surface area (TPSA) is 84.2 Å². The van der Waals surface area contributed by atoms with E-state index in [9.17, 15) is 9.59 Å². The van der Waals surface area contributed by atoms with Gasteiger partial charge in [-0.2, -0.15) is 0 Å². The summed E-state index contributed by atoms with van der Waals surface area (Å²) in [6.07, 6.45) is 6.48. The zero-order chi connectivity index (χ0) is 19.8. The van der Waals surface area contributed by atoms with Crippen LogP contribution in [0.4, 0.5) is 11.4 Å². The number of carbonyl (C=O) groups is 2. The lowest BCUT2D eigenvalue weighted by atomic mass is 9.88. The van der Waals surface area contributed by atoms with E-state index in [1.54, 1.807) is 0 Å². The van der Waals surface area contributed by atoms with Crippen LogP contribution in [-0.2, 0) is 22.6 Å². The van der Waals surface area contributed by atoms with Crippen molar-refractivity contribution < 1.29 is 9.59 Å². The van der Waals surface area contributed by atoms with Crippen molar-refractivity contribution in [3.63, 3.8) is 0 Å². The predicted octanol–water partition coefficient (Wildman–Crippen LogP) is 4.46. The number of hydrogen-bond donors (Lipinski definition) is 3. The molecule has 0 unspecified atom stereocenters. The maximum absolute atomic E-state index is 12.4. The van der Waals surface area contributed by atoms with Crippen LogP contribution in [0.2, 0.25) is 0 Å². The number of nitrogens with two attached hydrogens (primary N) is 1. The van der Waals surface area contributed by atoms with Crippen LogP contribution in [0.1, 0.15) is 49.7 Å². The number of carbonyl (C=O) groups excluding carboxylic acids is 2. The highest BCUT2D eigenvalue weighted by atomic mass is 35.5. The summed E-state index contributed by atoms with van der Waals surface area (Å²) in [7, 11) is 0. The molecule has 4 N–H and O–H groups in total. The summed E-state index contributed by atoms with van der Waals surface area (Å²) in [5.41, 5.74) is 9.38. The Hall–Kier alpha value is -2.53. The lowest BCUT2D eigenvalue weighted by molar-refractivity contribution is -0.121. The Kier molecular flexibility index (Phi) is 9.00. The van der Waals surface area contributed by atoms with E-state index in [0.29, 0.717) is 19.4 Å². The van der Waals surface area contributed by atoms with Gasteiger partial charge in [-0.05, 0) is 48.6 Å². The summed E-state index contributed by atoms with van der Waals surface area (Å²) in [6.45, 7) is 0.441. The fourth-order valence-electron chi connectivity index (χ4n) is 3.67. The molecule has 0 aromatic heterocycles. The molecule has 156 valence electrons. The van der Waals surface area contributed by atoms with Crippen molar-refractivity contribution in [1.29, 1.82) is 0 Å². The minimum absolute atomic E-state index is 0. The van der Waals surface area contributed by atoms with Gasteiger partial charge in [0.1, 0.15) is 0 Å². The van der Waals surface area contributed by atoms with E-state index in [1.165, 1.54) is 6.42 Å². The second-order valence-corrected chi connectivity index (χ2v) is 7.50. The van der Waals surface area contributed by atoms with Crippen LogP contribution in [-0.4, -0.2) is 11.8 Å². The summed E-state index contributed by atoms with van der Waals surface area (Å²) >= 11 is 0. The molecule has 0 radical (unpaired) electrons. The van der Waals surface area contributed by atoms with Gasteiger partial charge >= 0.3 is 0 Å². The van der Waals surface area contributed by atoms with Gasteiger partial charge < -0.3 is 16.4 Å². The van der Waals surface area contributed by atoms with Crippen molar-refractivity contribution in [1.82, 2.24) is 5.32 Å². The first-order valence-electron chi connectivity index (χ1n) is 10.1. The van der Waals surface area contributed by atoms with Crippen LogP contribution in [0.25, 0.3) is 0 Å². The van der Waals surface area contributed by atoms with Gasteiger partial charge in [0, 0.05) is 30.3 Å². The Labute approximate surface area is 178 Å². The zero-order valence-corrected chi connectivity index (χ0v) is 17.5. The summed E-state index contributed by atoms with van der Waals surface area (Å²) in [6, 6.07) is 15.3. The number of amides is 2. The van der Waals surface area contributed by atoms with Crippen LogP contribution >= 0.6 is 12.4 Å². The molecule has 1 aliphatic carbocycles.